The molecule has 0 bridgehead atoms. The van der Waals surface area contributed by atoms with Crippen molar-refractivity contribution in [2.24, 2.45) is 4.99 Å². The number of rotatable bonds is 6. The second-order valence-corrected chi connectivity index (χ2v) is 8.44. The van der Waals surface area contributed by atoms with Crippen molar-refractivity contribution in [3.63, 3.8) is 0 Å². The maximum atomic E-state index is 12.6. The first kappa shape index (κ1) is 22.8. The van der Waals surface area contributed by atoms with Crippen LogP contribution in [0.2, 0.25) is 0 Å². The van der Waals surface area contributed by atoms with Crippen LogP contribution in [0, 0.1) is 0 Å². The quantitative estimate of drug-likeness (QED) is 0.595. The van der Waals surface area contributed by atoms with E-state index in [4.69, 9.17) is 18.9 Å². The van der Waals surface area contributed by atoms with E-state index in [1.165, 1.54) is 11.8 Å². The molecule has 0 atom stereocenters. The molecule has 0 spiro atoms. The van der Waals surface area contributed by atoms with Gasteiger partial charge in [0.2, 0.25) is 0 Å². The molecular weight excluding hydrogens is 442 g/mol. The van der Waals surface area contributed by atoms with E-state index in [0.717, 1.165) is 48.3 Å². The fourth-order valence-electron chi connectivity index (χ4n) is 3.79. The first-order valence-corrected chi connectivity index (χ1v) is 11.3. The van der Waals surface area contributed by atoms with E-state index in [-0.39, 0.29) is 5.91 Å². The van der Waals surface area contributed by atoms with E-state index < -0.39 is 0 Å². The molecule has 9 heteroatoms. The van der Waals surface area contributed by atoms with Gasteiger partial charge < -0.3 is 28.7 Å². The average molecular weight is 470 g/mol. The zero-order chi connectivity index (χ0) is 23.4. The number of methoxy groups -OCH3 is 4. The summed E-state index contributed by atoms with van der Waals surface area (Å²) in [5, 5.41) is 0.736. The summed E-state index contributed by atoms with van der Waals surface area (Å²) < 4.78 is 21.5. The topological polar surface area (TPSA) is 72.8 Å². The first-order valence-electron chi connectivity index (χ1n) is 10.5. The van der Waals surface area contributed by atoms with Gasteiger partial charge in [0, 0.05) is 43.5 Å². The van der Waals surface area contributed by atoms with Gasteiger partial charge in [-0.3, -0.25) is 4.79 Å². The maximum Gasteiger partial charge on any atom is 0.286 e. The summed E-state index contributed by atoms with van der Waals surface area (Å²) in [7, 11) is 6.39. The predicted molar refractivity (Wildman–Crippen MR) is 131 cm³/mol. The number of thioether (sulfide) groups is 1. The number of carbonyl (C=O) groups excluding carboxylic acids is 1. The van der Waals surface area contributed by atoms with Crippen LogP contribution in [0.3, 0.4) is 0 Å². The molecule has 2 aromatic carbocycles. The molecule has 0 aromatic heterocycles. The lowest BCUT2D eigenvalue weighted by Crippen LogP contribution is -2.47. The number of amidine groups is 1. The molecule has 2 aliphatic heterocycles. The zero-order valence-electron chi connectivity index (χ0n) is 19.2. The highest BCUT2D eigenvalue weighted by molar-refractivity contribution is 8.18. The number of benzene rings is 2. The standard InChI is InChI=1S/C24H27N3O5S/c1-29-18-7-5-17(6-8-18)26-9-11-27(12-10-26)24-25-23(28)22(33-24)14-16-13-20(31-3)21(32-4)15-19(16)30-2/h5-8,13-15H,9-12H2,1-4H3/b22-14-. The Balaban J connectivity index is 1.44. The fraction of sp³-hybridized carbons (Fsp3) is 0.333. The molecule has 0 unspecified atom stereocenters. The van der Waals surface area contributed by atoms with Gasteiger partial charge in [-0.15, -0.1) is 0 Å². The van der Waals surface area contributed by atoms with Crippen molar-refractivity contribution in [3.8, 4) is 23.0 Å². The molecule has 0 aliphatic carbocycles. The summed E-state index contributed by atoms with van der Waals surface area (Å²) in [6, 6.07) is 11.6. The van der Waals surface area contributed by atoms with Crippen LogP contribution in [0.25, 0.3) is 6.08 Å². The third-order valence-electron chi connectivity index (χ3n) is 5.62. The Morgan fingerprint density at radius 1 is 0.818 bits per heavy atom. The van der Waals surface area contributed by atoms with Crippen LogP contribution in [0.15, 0.2) is 46.3 Å². The van der Waals surface area contributed by atoms with Gasteiger partial charge in [-0.05, 0) is 48.2 Å². The van der Waals surface area contributed by atoms with Crippen molar-refractivity contribution < 1.29 is 23.7 Å². The third kappa shape index (κ3) is 4.88. The van der Waals surface area contributed by atoms with Crippen molar-refractivity contribution in [1.29, 1.82) is 0 Å². The van der Waals surface area contributed by atoms with Crippen LogP contribution in [-0.2, 0) is 4.79 Å². The summed E-state index contributed by atoms with van der Waals surface area (Å²) in [5.41, 5.74) is 1.89. The van der Waals surface area contributed by atoms with Gasteiger partial charge in [0.1, 0.15) is 11.5 Å². The van der Waals surface area contributed by atoms with Gasteiger partial charge in [0.15, 0.2) is 16.7 Å². The number of nitrogens with zero attached hydrogens (tertiary/aromatic N) is 3. The summed E-state index contributed by atoms with van der Waals surface area (Å²) in [4.78, 5) is 22.0. The number of aliphatic imine (C=N–C) groups is 1. The van der Waals surface area contributed by atoms with Gasteiger partial charge in [-0.2, -0.15) is 4.99 Å². The van der Waals surface area contributed by atoms with Gasteiger partial charge in [0.25, 0.3) is 5.91 Å². The van der Waals surface area contributed by atoms with Gasteiger partial charge in [0.05, 0.1) is 33.3 Å². The highest BCUT2D eigenvalue weighted by atomic mass is 32.2. The van der Waals surface area contributed by atoms with E-state index >= 15 is 0 Å². The predicted octanol–water partition coefficient (Wildman–Crippen LogP) is 3.51. The molecule has 174 valence electrons. The van der Waals surface area contributed by atoms with E-state index in [9.17, 15) is 4.79 Å². The Bertz CT molecular complexity index is 1080. The van der Waals surface area contributed by atoms with Crippen LogP contribution in [0.4, 0.5) is 5.69 Å². The first-order chi connectivity index (χ1) is 16.1. The Hall–Kier alpha value is -3.33. The summed E-state index contributed by atoms with van der Waals surface area (Å²) >= 11 is 1.39. The molecule has 2 aromatic rings. The third-order valence-corrected chi connectivity index (χ3v) is 6.66. The highest BCUT2D eigenvalue weighted by Gasteiger charge is 2.29. The molecule has 4 rings (SSSR count). The van der Waals surface area contributed by atoms with Crippen molar-refractivity contribution in [1.82, 2.24) is 4.90 Å². The number of ether oxygens (including phenoxy) is 4. The molecule has 8 nitrogen and oxygen atoms in total. The van der Waals surface area contributed by atoms with E-state index in [1.807, 2.05) is 12.1 Å². The Morgan fingerprint density at radius 3 is 2.03 bits per heavy atom. The lowest BCUT2D eigenvalue weighted by Gasteiger charge is -2.36. The summed E-state index contributed by atoms with van der Waals surface area (Å²) in [6.45, 7) is 3.28. The highest BCUT2D eigenvalue weighted by Crippen LogP contribution is 2.38. The van der Waals surface area contributed by atoms with Gasteiger partial charge in [-0.25, -0.2) is 0 Å². The Morgan fingerprint density at radius 2 is 1.42 bits per heavy atom. The molecule has 1 amide bonds. The average Bonchev–Trinajstić information content (AvgIpc) is 3.23. The van der Waals surface area contributed by atoms with E-state index in [2.05, 4.69) is 26.9 Å². The van der Waals surface area contributed by atoms with Crippen LogP contribution in [0.1, 0.15) is 5.56 Å². The van der Waals surface area contributed by atoms with Crippen molar-refractivity contribution >= 4 is 34.6 Å². The van der Waals surface area contributed by atoms with Crippen molar-refractivity contribution in [3.05, 3.63) is 46.9 Å². The molecule has 1 saturated heterocycles. The molecule has 0 saturated carbocycles. The zero-order valence-corrected chi connectivity index (χ0v) is 20.0. The van der Waals surface area contributed by atoms with Crippen LogP contribution < -0.4 is 23.8 Å². The molecule has 1 fully saturated rings. The minimum atomic E-state index is -0.246. The van der Waals surface area contributed by atoms with Gasteiger partial charge in [-0.1, -0.05) is 0 Å². The molecule has 0 N–H and O–H groups in total. The molecular formula is C24H27N3O5S. The lowest BCUT2D eigenvalue weighted by molar-refractivity contribution is -0.113. The van der Waals surface area contributed by atoms with Crippen molar-refractivity contribution in [2.45, 2.75) is 0 Å². The fourth-order valence-corrected chi connectivity index (χ4v) is 4.74. The number of hydrogen-bond donors (Lipinski definition) is 0. The minimum Gasteiger partial charge on any atom is -0.497 e. The second kappa shape index (κ2) is 10.1. The minimum absolute atomic E-state index is 0.246. The summed E-state index contributed by atoms with van der Waals surface area (Å²) in [6.07, 6.45) is 1.79. The molecule has 2 aliphatic rings. The maximum absolute atomic E-state index is 12.6. The monoisotopic (exact) mass is 469 g/mol. The van der Waals surface area contributed by atoms with Gasteiger partial charge >= 0.3 is 0 Å². The number of carbonyl (C=O) groups is 1. The molecule has 2 heterocycles. The number of piperazine rings is 1. The molecule has 33 heavy (non-hydrogen) atoms. The lowest BCUT2D eigenvalue weighted by atomic mass is 10.1. The smallest absolute Gasteiger partial charge is 0.286 e. The number of anilines is 1. The van der Waals surface area contributed by atoms with Crippen LogP contribution in [0.5, 0.6) is 23.0 Å². The van der Waals surface area contributed by atoms with Crippen molar-refractivity contribution in [2.75, 3.05) is 59.5 Å². The molecule has 0 radical (unpaired) electrons. The SMILES string of the molecule is COc1ccc(N2CCN(C3=NC(=O)/C(=C/c4cc(OC)c(OC)cc4OC)S3)CC2)cc1. The summed E-state index contributed by atoms with van der Waals surface area (Å²) in [5.74, 6) is 2.32. The second-order valence-electron chi connectivity index (χ2n) is 7.43. The normalized spacial score (nSPS) is 17.3. The Kier molecular flexibility index (Phi) is 6.98. The Labute approximate surface area is 197 Å². The number of amides is 1. The largest absolute Gasteiger partial charge is 0.497 e. The number of hydrogen-bond acceptors (Lipinski definition) is 8. The van der Waals surface area contributed by atoms with E-state index in [0.29, 0.717) is 22.2 Å². The van der Waals surface area contributed by atoms with E-state index in [1.54, 1.807) is 46.6 Å². The van der Waals surface area contributed by atoms with Crippen LogP contribution in [-0.4, -0.2) is 70.6 Å². The van der Waals surface area contributed by atoms with Crippen LogP contribution >= 0.6 is 11.8 Å².